The molecule has 1 heterocycles. The lowest BCUT2D eigenvalue weighted by atomic mass is 10.3. The third kappa shape index (κ3) is 2.84. The Bertz CT molecular complexity index is 539. The zero-order valence-electron chi connectivity index (χ0n) is 9.07. The van der Waals surface area contributed by atoms with Crippen LogP contribution in [0.3, 0.4) is 0 Å². The molecule has 17 heavy (non-hydrogen) atoms. The van der Waals surface area contributed by atoms with Crippen LogP contribution in [-0.2, 0) is 4.74 Å². The van der Waals surface area contributed by atoms with Gasteiger partial charge in [0, 0.05) is 11.1 Å². The molecule has 0 spiro atoms. The van der Waals surface area contributed by atoms with Crippen molar-refractivity contribution >= 4 is 29.3 Å². The molecular formula is C12H10ClNO2S. The first kappa shape index (κ1) is 12.1. The first-order chi connectivity index (χ1) is 8.20. The fourth-order valence-corrected chi connectivity index (χ4v) is 2.42. The van der Waals surface area contributed by atoms with Crippen molar-refractivity contribution in [2.45, 2.75) is 9.92 Å². The summed E-state index contributed by atoms with van der Waals surface area (Å²) in [4.78, 5) is 15.2. The Kier molecular flexibility index (Phi) is 3.76. The Labute approximate surface area is 108 Å². The number of aromatic nitrogens is 1. The Balaban J connectivity index is 2.17. The predicted octanol–water partition coefficient (Wildman–Crippen LogP) is 3.61. The number of methoxy groups -OCH3 is 1. The molecule has 3 nitrogen and oxygen atoms in total. The van der Waals surface area contributed by atoms with E-state index in [2.05, 4.69) is 9.72 Å². The second-order valence-electron chi connectivity index (χ2n) is 3.28. The molecule has 0 aliphatic rings. The Morgan fingerprint density at radius 3 is 2.88 bits per heavy atom. The van der Waals surface area contributed by atoms with Gasteiger partial charge in [-0.05, 0) is 18.2 Å². The number of hydrogen-bond acceptors (Lipinski definition) is 3. The number of ether oxygens (including phenoxy) is 1. The molecule has 0 atom stereocenters. The number of carbonyl (C=O) groups is 1. The largest absolute Gasteiger partial charge is 0.465 e. The van der Waals surface area contributed by atoms with E-state index in [0.717, 1.165) is 9.92 Å². The predicted molar refractivity (Wildman–Crippen MR) is 67.7 cm³/mol. The van der Waals surface area contributed by atoms with Gasteiger partial charge in [0.05, 0.1) is 22.7 Å². The average molecular weight is 268 g/mol. The van der Waals surface area contributed by atoms with Gasteiger partial charge in [-0.2, -0.15) is 0 Å². The van der Waals surface area contributed by atoms with E-state index in [-0.39, 0.29) is 5.97 Å². The summed E-state index contributed by atoms with van der Waals surface area (Å²) in [6.07, 6.45) is 1.62. The highest BCUT2D eigenvalue weighted by Gasteiger charge is 2.09. The number of aromatic amines is 1. The first-order valence-corrected chi connectivity index (χ1v) is 6.09. The van der Waals surface area contributed by atoms with Crippen LogP contribution in [0.2, 0.25) is 5.02 Å². The summed E-state index contributed by atoms with van der Waals surface area (Å²) < 4.78 is 4.63. The molecule has 0 saturated carbocycles. The van der Waals surface area contributed by atoms with E-state index < -0.39 is 0 Å². The molecule has 0 aliphatic carbocycles. The summed E-state index contributed by atoms with van der Waals surface area (Å²) in [7, 11) is 1.36. The van der Waals surface area contributed by atoms with E-state index in [9.17, 15) is 4.79 Å². The third-order valence-electron chi connectivity index (χ3n) is 2.13. The van der Waals surface area contributed by atoms with E-state index in [1.54, 1.807) is 12.3 Å². The maximum absolute atomic E-state index is 11.3. The standard InChI is InChI=1S/C12H10ClNO2S/c1-16-12(15)8-6-11(14-7-8)17-10-5-3-2-4-9(10)13/h2-7,14H,1H3. The van der Waals surface area contributed by atoms with Gasteiger partial charge in [0.25, 0.3) is 0 Å². The molecular weight excluding hydrogens is 258 g/mol. The van der Waals surface area contributed by atoms with Crippen LogP contribution in [0.5, 0.6) is 0 Å². The molecule has 0 saturated heterocycles. The second-order valence-corrected chi connectivity index (χ2v) is 4.77. The summed E-state index contributed by atoms with van der Waals surface area (Å²) in [5, 5.41) is 1.53. The van der Waals surface area contributed by atoms with Crippen molar-refractivity contribution in [3.63, 3.8) is 0 Å². The van der Waals surface area contributed by atoms with Gasteiger partial charge in [0.1, 0.15) is 0 Å². The summed E-state index contributed by atoms with van der Waals surface area (Å²) in [6, 6.07) is 9.28. The lowest BCUT2D eigenvalue weighted by molar-refractivity contribution is 0.0601. The quantitative estimate of drug-likeness (QED) is 0.864. The Morgan fingerprint density at radius 2 is 2.18 bits per heavy atom. The number of hydrogen-bond donors (Lipinski definition) is 1. The van der Waals surface area contributed by atoms with Crippen LogP contribution in [0.1, 0.15) is 10.4 Å². The van der Waals surface area contributed by atoms with Crippen molar-refractivity contribution in [1.82, 2.24) is 4.98 Å². The normalized spacial score (nSPS) is 10.2. The van der Waals surface area contributed by atoms with Crippen LogP contribution in [0.25, 0.3) is 0 Å². The van der Waals surface area contributed by atoms with Crippen LogP contribution >= 0.6 is 23.4 Å². The fraction of sp³-hybridized carbons (Fsp3) is 0.0833. The SMILES string of the molecule is COC(=O)c1c[nH]c(Sc2ccccc2Cl)c1. The molecule has 0 unspecified atom stereocenters. The number of benzene rings is 1. The highest BCUT2D eigenvalue weighted by Crippen LogP contribution is 2.32. The third-order valence-corrected chi connectivity index (χ3v) is 3.61. The number of carbonyl (C=O) groups excluding carboxylic acids is 1. The lowest BCUT2D eigenvalue weighted by Crippen LogP contribution is -1.98. The second kappa shape index (κ2) is 5.29. The molecule has 0 radical (unpaired) electrons. The van der Waals surface area contributed by atoms with Crippen LogP contribution < -0.4 is 0 Å². The van der Waals surface area contributed by atoms with E-state index in [0.29, 0.717) is 10.6 Å². The molecule has 1 N–H and O–H groups in total. The molecule has 0 bridgehead atoms. The highest BCUT2D eigenvalue weighted by atomic mass is 35.5. The van der Waals surface area contributed by atoms with Gasteiger partial charge in [-0.25, -0.2) is 4.79 Å². The summed E-state index contributed by atoms with van der Waals surface area (Å²) in [5.41, 5.74) is 0.502. The smallest absolute Gasteiger partial charge is 0.339 e. The zero-order chi connectivity index (χ0) is 12.3. The van der Waals surface area contributed by atoms with Crippen molar-refractivity contribution in [1.29, 1.82) is 0 Å². The van der Waals surface area contributed by atoms with Gasteiger partial charge in [-0.1, -0.05) is 35.5 Å². The minimum atomic E-state index is -0.354. The van der Waals surface area contributed by atoms with Gasteiger partial charge in [-0.15, -0.1) is 0 Å². The molecule has 5 heteroatoms. The molecule has 0 aliphatic heterocycles. The van der Waals surface area contributed by atoms with Gasteiger partial charge in [0.15, 0.2) is 0 Å². The minimum Gasteiger partial charge on any atom is -0.465 e. The first-order valence-electron chi connectivity index (χ1n) is 4.90. The topological polar surface area (TPSA) is 42.1 Å². The number of rotatable bonds is 3. The van der Waals surface area contributed by atoms with Crippen molar-refractivity contribution in [3.8, 4) is 0 Å². The number of esters is 1. The van der Waals surface area contributed by atoms with Crippen molar-refractivity contribution in [3.05, 3.63) is 47.1 Å². The van der Waals surface area contributed by atoms with Crippen LogP contribution in [0.4, 0.5) is 0 Å². The minimum absolute atomic E-state index is 0.354. The number of halogens is 1. The summed E-state index contributed by atoms with van der Waals surface area (Å²) >= 11 is 7.51. The van der Waals surface area contributed by atoms with Gasteiger partial charge >= 0.3 is 5.97 Å². The molecule has 0 amide bonds. The van der Waals surface area contributed by atoms with Crippen LogP contribution in [0, 0.1) is 0 Å². The Hall–Kier alpha value is -1.39. The molecule has 1 aromatic heterocycles. The van der Waals surface area contributed by atoms with E-state index in [4.69, 9.17) is 11.6 Å². The van der Waals surface area contributed by atoms with Crippen molar-refractivity contribution < 1.29 is 9.53 Å². The van der Waals surface area contributed by atoms with Gasteiger partial charge in [-0.3, -0.25) is 0 Å². The fourth-order valence-electron chi connectivity index (χ4n) is 1.31. The van der Waals surface area contributed by atoms with Gasteiger partial charge < -0.3 is 9.72 Å². The van der Waals surface area contributed by atoms with Crippen LogP contribution in [-0.4, -0.2) is 18.1 Å². The van der Waals surface area contributed by atoms with Gasteiger partial charge in [0.2, 0.25) is 0 Å². The molecule has 2 rings (SSSR count). The molecule has 1 aromatic carbocycles. The van der Waals surface area contributed by atoms with Crippen LogP contribution in [0.15, 0.2) is 46.5 Å². The molecule has 2 aromatic rings. The lowest BCUT2D eigenvalue weighted by Gasteiger charge is -2.00. The molecule has 88 valence electrons. The summed E-state index contributed by atoms with van der Waals surface area (Å²) in [5.74, 6) is -0.354. The number of nitrogens with one attached hydrogen (secondary N) is 1. The van der Waals surface area contributed by atoms with E-state index in [1.807, 2.05) is 24.3 Å². The number of H-pyrrole nitrogens is 1. The maximum atomic E-state index is 11.3. The average Bonchev–Trinajstić information content (AvgIpc) is 2.80. The zero-order valence-corrected chi connectivity index (χ0v) is 10.6. The highest BCUT2D eigenvalue weighted by molar-refractivity contribution is 7.99. The Morgan fingerprint density at radius 1 is 1.41 bits per heavy atom. The van der Waals surface area contributed by atoms with E-state index in [1.165, 1.54) is 18.9 Å². The molecule has 0 fully saturated rings. The van der Waals surface area contributed by atoms with E-state index >= 15 is 0 Å². The van der Waals surface area contributed by atoms with Crippen molar-refractivity contribution in [2.75, 3.05) is 7.11 Å². The van der Waals surface area contributed by atoms with Crippen molar-refractivity contribution in [2.24, 2.45) is 0 Å². The maximum Gasteiger partial charge on any atom is 0.339 e. The monoisotopic (exact) mass is 267 g/mol. The summed E-state index contributed by atoms with van der Waals surface area (Å²) in [6.45, 7) is 0.